The molecule has 11 heteroatoms. The maximum atomic E-state index is 13.5. The normalized spacial score (nSPS) is 19.5. The van der Waals surface area contributed by atoms with Crippen LogP contribution in [0.15, 0.2) is 35.3 Å². The zero-order valence-corrected chi connectivity index (χ0v) is 20.1. The molecule has 2 amide bonds. The van der Waals surface area contributed by atoms with Crippen LogP contribution in [-0.4, -0.2) is 67.7 Å². The van der Waals surface area contributed by atoms with E-state index in [0.29, 0.717) is 31.1 Å². The number of aromatic nitrogens is 3. The van der Waals surface area contributed by atoms with Gasteiger partial charge in [-0.15, -0.1) is 10.2 Å². The molecule has 2 aliphatic heterocycles. The molecule has 0 radical (unpaired) electrons. The van der Waals surface area contributed by atoms with Crippen LogP contribution < -0.4 is 5.43 Å². The molecule has 1 N–H and O–H groups in total. The smallest absolute Gasteiger partial charge is 0.274 e. The molecule has 5 rings (SSSR count). The van der Waals surface area contributed by atoms with Crippen LogP contribution in [0.5, 0.6) is 5.75 Å². The number of benzene rings is 1. The van der Waals surface area contributed by atoms with E-state index in [1.807, 2.05) is 0 Å². The van der Waals surface area contributed by atoms with E-state index in [1.54, 1.807) is 30.9 Å². The van der Waals surface area contributed by atoms with Crippen LogP contribution in [0.3, 0.4) is 0 Å². The second-order valence-electron chi connectivity index (χ2n) is 8.98. The van der Waals surface area contributed by atoms with Gasteiger partial charge < -0.3 is 19.5 Å². The number of hydrogen-bond acceptors (Lipinski definition) is 7. The maximum absolute atomic E-state index is 13.5. The Hall–Kier alpha value is -3.60. The molecule has 1 fully saturated rings. The lowest BCUT2D eigenvalue weighted by atomic mass is 9.92. The van der Waals surface area contributed by atoms with Crippen LogP contribution >= 0.6 is 11.3 Å². The Morgan fingerprint density at radius 3 is 2.54 bits per heavy atom. The number of carbonyl (C=O) groups excluding carboxylic acids is 2. The van der Waals surface area contributed by atoms with Gasteiger partial charge in [-0.1, -0.05) is 23.5 Å². The number of nitrogens with zero attached hydrogens (tertiary/aromatic N) is 5. The second-order valence-corrected chi connectivity index (χ2v) is 10.0. The summed E-state index contributed by atoms with van der Waals surface area (Å²) in [4.78, 5) is 42.9. The molecule has 1 atom stereocenters. The van der Waals surface area contributed by atoms with Crippen LogP contribution in [0, 0.1) is 5.82 Å². The number of carbonyl (C=O) groups is 2. The van der Waals surface area contributed by atoms with Crippen molar-refractivity contribution in [2.45, 2.75) is 32.2 Å². The predicted octanol–water partition coefficient (Wildman–Crippen LogP) is 2.23. The van der Waals surface area contributed by atoms with E-state index >= 15 is 0 Å². The van der Waals surface area contributed by atoms with E-state index < -0.39 is 22.6 Å². The van der Waals surface area contributed by atoms with Crippen molar-refractivity contribution in [2.75, 3.05) is 26.2 Å². The fourth-order valence-corrected chi connectivity index (χ4v) is 5.39. The van der Waals surface area contributed by atoms with Crippen molar-refractivity contribution < 1.29 is 19.1 Å². The van der Waals surface area contributed by atoms with Crippen LogP contribution in [0.4, 0.5) is 4.39 Å². The van der Waals surface area contributed by atoms with E-state index in [2.05, 4.69) is 10.2 Å². The Balaban J connectivity index is 1.59. The first-order chi connectivity index (χ1) is 16.7. The molecule has 2 aliphatic rings. The van der Waals surface area contributed by atoms with Crippen molar-refractivity contribution in [1.82, 2.24) is 24.6 Å². The molecule has 35 heavy (non-hydrogen) atoms. The first-order valence-corrected chi connectivity index (χ1v) is 12.2. The zero-order chi connectivity index (χ0) is 24.9. The van der Waals surface area contributed by atoms with Crippen molar-refractivity contribution in [3.05, 3.63) is 62.8 Å². The molecule has 4 heterocycles. The fraction of sp³-hybridized carbons (Fsp3) is 0.375. The average molecular weight is 498 g/mol. The number of aromatic hydroxyl groups is 1. The van der Waals surface area contributed by atoms with Gasteiger partial charge in [0.05, 0.1) is 12.1 Å². The Bertz CT molecular complexity index is 1380. The standard InChI is InChI=1S/C24H24FN5O4S/c1-3-28-13-24(2,23(34)29-9-4-10-29)30-12-16(19(31)20(32)18(30)22(28)33)21-27-26-17(35-21)11-14-5-7-15(25)8-6-14/h5-8,12,32H,3-4,9-11,13H2,1-2H3/t24-/m1/s1. The molecule has 182 valence electrons. The monoisotopic (exact) mass is 497 g/mol. The summed E-state index contributed by atoms with van der Waals surface area (Å²) in [5, 5.41) is 20.0. The predicted molar refractivity (Wildman–Crippen MR) is 127 cm³/mol. The average Bonchev–Trinajstić information content (AvgIpc) is 3.26. The molecule has 0 bridgehead atoms. The topological polar surface area (TPSA) is 109 Å². The van der Waals surface area contributed by atoms with Gasteiger partial charge >= 0.3 is 0 Å². The van der Waals surface area contributed by atoms with Crippen molar-refractivity contribution in [1.29, 1.82) is 0 Å². The first-order valence-electron chi connectivity index (χ1n) is 11.4. The van der Waals surface area contributed by atoms with Gasteiger partial charge in [-0.25, -0.2) is 4.39 Å². The Morgan fingerprint density at radius 1 is 1.20 bits per heavy atom. The highest BCUT2D eigenvalue weighted by Crippen LogP contribution is 2.35. The number of rotatable bonds is 5. The lowest BCUT2D eigenvalue weighted by molar-refractivity contribution is -0.145. The molecule has 1 saturated heterocycles. The highest BCUT2D eigenvalue weighted by Gasteiger charge is 2.48. The van der Waals surface area contributed by atoms with E-state index in [0.717, 1.165) is 23.3 Å². The highest BCUT2D eigenvalue weighted by molar-refractivity contribution is 7.14. The summed E-state index contributed by atoms with van der Waals surface area (Å²) in [6, 6.07) is 6.01. The molecule has 1 aromatic carbocycles. The summed E-state index contributed by atoms with van der Waals surface area (Å²) in [7, 11) is 0. The third kappa shape index (κ3) is 3.79. The number of hydrogen-bond donors (Lipinski definition) is 1. The number of likely N-dealkylation sites (tertiary alicyclic amines) is 1. The van der Waals surface area contributed by atoms with Gasteiger partial charge in [-0.2, -0.15) is 0 Å². The van der Waals surface area contributed by atoms with Crippen molar-refractivity contribution >= 4 is 23.2 Å². The van der Waals surface area contributed by atoms with E-state index in [9.17, 15) is 23.9 Å². The number of likely N-dealkylation sites (N-methyl/N-ethyl adjacent to an activating group) is 1. The van der Waals surface area contributed by atoms with Gasteiger partial charge in [-0.05, 0) is 38.0 Å². The Labute approximate surface area is 204 Å². The van der Waals surface area contributed by atoms with E-state index in [-0.39, 0.29) is 34.5 Å². The van der Waals surface area contributed by atoms with E-state index in [4.69, 9.17) is 0 Å². The molecule has 2 aromatic heterocycles. The number of halogens is 1. The van der Waals surface area contributed by atoms with Gasteiger partial charge in [0.25, 0.3) is 5.91 Å². The molecule has 3 aromatic rings. The van der Waals surface area contributed by atoms with Gasteiger partial charge in [0, 0.05) is 32.3 Å². The van der Waals surface area contributed by atoms with Crippen LogP contribution in [-0.2, 0) is 16.8 Å². The SMILES string of the molecule is CCN1C[C@](C)(C(=O)N2CCC2)n2cc(-c3nnc(Cc4ccc(F)cc4)s3)c(=O)c(O)c2C1=O. The minimum Gasteiger partial charge on any atom is -0.503 e. The summed E-state index contributed by atoms with van der Waals surface area (Å²) in [5.41, 5.74) is -1.24. The fourth-order valence-electron chi connectivity index (χ4n) is 4.51. The molecule has 0 spiro atoms. The highest BCUT2D eigenvalue weighted by atomic mass is 32.1. The summed E-state index contributed by atoms with van der Waals surface area (Å²) >= 11 is 1.16. The quantitative estimate of drug-likeness (QED) is 0.579. The molecular weight excluding hydrogens is 473 g/mol. The lowest BCUT2D eigenvalue weighted by Gasteiger charge is -2.46. The third-order valence-corrected chi connectivity index (χ3v) is 7.61. The first kappa shape index (κ1) is 23.2. The number of amides is 2. The Morgan fingerprint density at radius 2 is 1.91 bits per heavy atom. The summed E-state index contributed by atoms with van der Waals surface area (Å²) in [6.07, 6.45) is 2.75. The Kier molecular flexibility index (Phi) is 5.66. The van der Waals surface area contributed by atoms with Gasteiger partial charge in [-0.3, -0.25) is 14.4 Å². The minimum absolute atomic E-state index is 0.0643. The maximum Gasteiger partial charge on any atom is 0.274 e. The molecule has 0 unspecified atom stereocenters. The van der Waals surface area contributed by atoms with Crippen LogP contribution in [0.1, 0.15) is 41.3 Å². The van der Waals surface area contributed by atoms with Gasteiger partial charge in [0.2, 0.25) is 11.3 Å². The van der Waals surface area contributed by atoms with Crippen LogP contribution in [0.25, 0.3) is 10.6 Å². The second kappa shape index (κ2) is 8.56. The van der Waals surface area contributed by atoms with Crippen LogP contribution in [0.2, 0.25) is 0 Å². The van der Waals surface area contributed by atoms with Crippen molar-refractivity contribution in [2.24, 2.45) is 0 Å². The lowest BCUT2D eigenvalue weighted by Crippen LogP contribution is -2.62. The van der Waals surface area contributed by atoms with E-state index in [1.165, 1.54) is 27.8 Å². The third-order valence-electron chi connectivity index (χ3n) is 6.65. The minimum atomic E-state index is -1.19. The number of pyridine rings is 1. The number of fused-ring (bicyclic) bond motifs is 1. The van der Waals surface area contributed by atoms with Gasteiger partial charge in [0.15, 0.2) is 16.5 Å². The largest absolute Gasteiger partial charge is 0.503 e. The summed E-state index contributed by atoms with van der Waals surface area (Å²) < 4.78 is 14.6. The molecule has 9 nitrogen and oxygen atoms in total. The van der Waals surface area contributed by atoms with Crippen molar-refractivity contribution in [3.8, 4) is 16.3 Å². The van der Waals surface area contributed by atoms with Crippen molar-refractivity contribution in [3.63, 3.8) is 0 Å². The molecular formula is C24H24FN5O4S. The zero-order valence-electron chi connectivity index (χ0n) is 19.3. The van der Waals surface area contributed by atoms with Gasteiger partial charge in [0.1, 0.15) is 16.4 Å². The summed E-state index contributed by atoms with van der Waals surface area (Å²) in [5.74, 6) is -1.71. The summed E-state index contributed by atoms with van der Waals surface area (Å²) in [6.45, 7) is 5.23. The molecule has 0 saturated carbocycles. The molecule has 0 aliphatic carbocycles.